The van der Waals surface area contributed by atoms with E-state index < -0.39 is 23.0 Å². The summed E-state index contributed by atoms with van der Waals surface area (Å²) >= 11 is 0.237. The minimum absolute atomic E-state index is 0.113. The van der Waals surface area contributed by atoms with Gasteiger partial charge in [0.2, 0.25) is 10.2 Å². The van der Waals surface area contributed by atoms with Gasteiger partial charge in [-0.15, -0.1) is 0 Å². The summed E-state index contributed by atoms with van der Waals surface area (Å²) in [5.41, 5.74) is 4.66. The van der Waals surface area contributed by atoms with E-state index in [1.54, 1.807) is 0 Å². The lowest BCUT2D eigenvalue weighted by molar-refractivity contribution is -0.114. The first-order valence-corrected chi connectivity index (χ1v) is 11.2. The second-order valence-corrected chi connectivity index (χ2v) is 8.97. The second-order valence-electron chi connectivity index (χ2n) is 8.01. The predicted octanol–water partition coefficient (Wildman–Crippen LogP) is 5.49. The number of hydrogen-bond acceptors (Lipinski definition) is 4. The highest BCUT2D eigenvalue weighted by atomic mass is 32.2. The Morgan fingerprint density at radius 3 is 2.62 bits per heavy atom. The van der Waals surface area contributed by atoms with E-state index in [4.69, 9.17) is 5.41 Å². The summed E-state index contributed by atoms with van der Waals surface area (Å²) in [5.74, 6) is -1.20. The molecule has 5 rings (SSSR count). The van der Waals surface area contributed by atoms with Gasteiger partial charge in [0, 0.05) is 28.7 Å². The zero-order chi connectivity index (χ0) is 24.2. The number of amidine groups is 2. The minimum Gasteiger partial charge on any atom is -0.340 e. The van der Waals surface area contributed by atoms with Crippen LogP contribution < -0.4 is 0 Å². The standard InChI is InChI=1S/C24H18F3N5OS/c1-13-6-5-7-15(10-13)12-31-14(2)17(16-8-3-4-9-19(16)31)11-18-20(28)32-23(29-21(18)33)34-22(30-32)24(25,26)27/h3-11,28H,12H2,1-2H3/b18-11+,28-20?. The van der Waals surface area contributed by atoms with Crippen molar-refractivity contribution in [2.24, 2.45) is 10.1 Å². The van der Waals surface area contributed by atoms with Crippen molar-refractivity contribution >= 4 is 50.7 Å². The maximum absolute atomic E-state index is 13.1. The van der Waals surface area contributed by atoms with E-state index in [0.29, 0.717) is 12.1 Å². The number of hydrogen-bond donors (Lipinski definition) is 1. The van der Waals surface area contributed by atoms with E-state index in [0.717, 1.165) is 32.7 Å². The van der Waals surface area contributed by atoms with E-state index in [2.05, 4.69) is 20.7 Å². The second kappa shape index (κ2) is 7.98. The number of aromatic nitrogens is 1. The molecule has 1 N–H and O–H groups in total. The Balaban J connectivity index is 1.60. The number of halogens is 3. The minimum atomic E-state index is -4.68. The largest absolute Gasteiger partial charge is 0.441 e. The Kier molecular flexibility index (Phi) is 5.20. The van der Waals surface area contributed by atoms with Crippen molar-refractivity contribution in [1.82, 2.24) is 9.58 Å². The third kappa shape index (κ3) is 3.73. The van der Waals surface area contributed by atoms with Gasteiger partial charge < -0.3 is 4.57 Å². The molecule has 172 valence electrons. The highest BCUT2D eigenvalue weighted by molar-refractivity contribution is 8.27. The van der Waals surface area contributed by atoms with Gasteiger partial charge in [0.05, 0.1) is 5.57 Å². The maximum Gasteiger partial charge on any atom is 0.441 e. The monoisotopic (exact) mass is 481 g/mol. The first-order chi connectivity index (χ1) is 16.1. The van der Waals surface area contributed by atoms with Crippen LogP contribution in [-0.4, -0.2) is 37.7 Å². The van der Waals surface area contributed by atoms with Crippen LogP contribution in [0, 0.1) is 19.3 Å². The zero-order valence-corrected chi connectivity index (χ0v) is 19.0. The van der Waals surface area contributed by atoms with Crippen molar-refractivity contribution in [3.63, 3.8) is 0 Å². The molecule has 0 saturated carbocycles. The molecule has 0 bridgehead atoms. The maximum atomic E-state index is 13.1. The molecular formula is C24H18F3N5OS. The Labute approximate surface area is 197 Å². The van der Waals surface area contributed by atoms with Crippen LogP contribution in [0.15, 0.2) is 64.2 Å². The van der Waals surface area contributed by atoms with Gasteiger partial charge in [-0.2, -0.15) is 28.3 Å². The summed E-state index contributed by atoms with van der Waals surface area (Å²) in [4.78, 5) is 16.5. The predicted molar refractivity (Wildman–Crippen MR) is 128 cm³/mol. The Morgan fingerprint density at radius 2 is 1.88 bits per heavy atom. The zero-order valence-electron chi connectivity index (χ0n) is 18.1. The van der Waals surface area contributed by atoms with Crippen molar-refractivity contribution in [3.05, 3.63) is 76.5 Å². The van der Waals surface area contributed by atoms with Gasteiger partial charge in [0.15, 0.2) is 5.84 Å². The number of carbonyl (C=O) groups excluding carboxylic acids is 1. The fourth-order valence-corrected chi connectivity index (χ4v) is 4.85. The number of aryl methyl sites for hydroxylation is 1. The van der Waals surface area contributed by atoms with E-state index in [-0.39, 0.29) is 22.5 Å². The molecule has 0 saturated heterocycles. The molecule has 0 aliphatic carbocycles. The first kappa shape index (κ1) is 22.1. The summed E-state index contributed by atoms with van der Waals surface area (Å²) in [6.07, 6.45) is -3.15. The molecule has 6 nitrogen and oxygen atoms in total. The van der Waals surface area contributed by atoms with Crippen LogP contribution in [0.3, 0.4) is 0 Å². The number of para-hydroxylation sites is 1. The van der Waals surface area contributed by atoms with Crippen molar-refractivity contribution in [3.8, 4) is 0 Å². The van der Waals surface area contributed by atoms with Crippen LogP contribution in [-0.2, 0) is 11.3 Å². The van der Waals surface area contributed by atoms with Gasteiger partial charge in [-0.3, -0.25) is 10.2 Å². The number of aliphatic imine (C=N–C) groups is 1. The Bertz CT molecular complexity index is 1470. The van der Waals surface area contributed by atoms with Crippen LogP contribution in [0.5, 0.6) is 0 Å². The van der Waals surface area contributed by atoms with Gasteiger partial charge >= 0.3 is 6.18 Å². The number of hydrazone groups is 1. The summed E-state index contributed by atoms with van der Waals surface area (Å²) in [5, 5.41) is 12.1. The van der Waals surface area contributed by atoms with Crippen LogP contribution in [0.25, 0.3) is 17.0 Å². The molecule has 0 fully saturated rings. The van der Waals surface area contributed by atoms with Crippen LogP contribution in [0.4, 0.5) is 13.2 Å². The highest BCUT2D eigenvalue weighted by Crippen LogP contribution is 2.36. The Hall–Kier alpha value is -3.66. The van der Waals surface area contributed by atoms with Gasteiger partial charge in [-0.1, -0.05) is 48.0 Å². The molecule has 1 aromatic heterocycles. The van der Waals surface area contributed by atoms with E-state index in [1.165, 1.54) is 6.08 Å². The number of nitrogens with one attached hydrogen (secondary N) is 1. The van der Waals surface area contributed by atoms with Gasteiger partial charge in [0.1, 0.15) is 0 Å². The van der Waals surface area contributed by atoms with Gasteiger partial charge in [0.25, 0.3) is 5.91 Å². The summed E-state index contributed by atoms with van der Waals surface area (Å²) < 4.78 is 41.4. The van der Waals surface area contributed by atoms with Crippen LogP contribution in [0.2, 0.25) is 0 Å². The molecule has 2 aliphatic rings. The molecule has 2 aromatic carbocycles. The molecule has 2 aliphatic heterocycles. The molecule has 0 unspecified atom stereocenters. The number of alkyl halides is 3. The van der Waals surface area contributed by atoms with Crippen molar-refractivity contribution in [2.45, 2.75) is 26.6 Å². The fourth-order valence-electron chi connectivity index (χ4n) is 4.09. The quantitative estimate of drug-likeness (QED) is 0.503. The van der Waals surface area contributed by atoms with E-state index in [9.17, 15) is 18.0 Å². The first-order valence-electron chi connectivity index (χ1n) is 10.3. The number of rotatable bonds is 3. The average Bonchev–Trinajstić information content (AvgIpc) is 3.32. The molecule has 0 atom stereocenters. The molecule has 10 heteroatoms. The lowest BCUT2D eigenvalue weighted by atomic mass is 10.1. The SMILES string of the molecule is Cc1cccc(Cn2c(C)c(/C=C3\C(=N)N4N=C(C(F)(F)F)SC4=NC3=O)c3ccccc32)c1. The number of amides is 1. The van der Waals surface area contributed by atoms with Gasteiger partial charge in [-0.05, 0) is 43.3 Å². The van der Waals surface area contributed by atoms with Crippen molar-refractivity contribution < 1.29 is 18.0 Å². The topological polar surface area (TPSA) is 73.8 Å². The lowest BCUT2D eigenvalue weighted by Gasteiger charge is -2.20. The molecule has 34 heavy (non-hydrogen) atoms. The number of carbonyl (C=O) groups is 1. The lowest BCUT2D eigenvalue weighted by Crippen LogP contribution is -2.35. The van der Waals surface area contributed by atoms with Crippen molar-refractivity contribution in [1.29, 1.82) is 5.41 Å². The normalized spacial score (nSPS) is 17.4. The molecule has 1 amide bonds. The average molecular weight is 482 g/mol. The molecule has 3 heterocycles. The summed E-state index contributed by atoms with van der Waals surface area (Å²) in [6.45, 7) is 4.55. The number of benzene rings is 2. The van der Waals surface area contributed by atoms with Crippen molar-refractivity contribution in [2.75, 3.05) is 0 Å². The summed E-state index contributed by atoms with van der Waals surface area (Å²) in [7, 11) is 0. The number of fused-ring (bicyclic) bond motifs is 2. The Morgan fingerprint density at radius 1 is 1.12 bits per heavy atom. The highest BCUT2D eigenvalue weighted by Gasteiger charge is 2.46. The molecule has 0 radical (unpaired) electrons. The van der Waals surface area contributed by atoms with Crippen LogP contribution in [0.1, 0.15) is 22.4 Å². The number of nitrogens with zero attached hydrogens (tertiary/aromatic N) is 4. The van der Waals surface area contributed by atoms with E-state index >= 15 is 0 Å². The van der Waals surface area contributed by atoms with Gasteiger partial charge in [-0.25, -0.2) is 0 Å². The third-order valence-corrected chi connectivity index (χ3v) is 6.64. The smallest absolute Gasteiger partial charge is 0.340 e. The van der Waals surface area contributed by atoms with E-state index in [1.807, 2.05) is 56.3 Å². The molecular weight excluding hydrogens is 463 g/mol. The summed E-state index contributed by atoms with van der Waals surface area (Å²) in [6, 6.07) is 15.8. The fraction of sp³-hybridized carbons (Fsp3) is 0.167. The third-order valence-electron chi connectivity index (χ3n) is 5.69. The van der Waals surface area contributed by atoms with Crippen LogP contribution >= 0.6 is 11.8 Å². The molecule has 0 spiro atoms. The number of thioether (sulfide) groups is 1. The molecule has 3 aromatic rings.